The molecular weight excluding hydrogens is 284 g/mol. The van der Waals surface area contributed by atoms with Crippen LogP contribution in [0.4, 0.5) is 0 Å². The van der Waals surface area contributed by atoms with E-state index in [-0.39, 0.29) is 36.3 Å². The number of aryl methyl sites for hydroxylation is 1. The van der Waals surface area contributed by atoms with Crippen LogP contribution in [0.2, 0.25) is 0 Å². The average Bonchev–Trinajstić information content (AvgIpc) is 2.43. The van der Waals surface area contributed by atoms with Crippen LogP contribution in [-0.2, 0) is 11.2 Å². The first-order valence-electron chi connectivity index (χ1n) is 7.51. The minimum Gasteiger partial charge on any atom is -0.349 e. The van der Waals surface area contributed by atoms with Gasteiger partial charge in [-0.25, -0.2) is 0 Å². The molecule has 0 bridgehead atoms. The standard InChI is InChI=1S/C17H28N2O.ClH/c1-6-14-7-9-15(10-8-14)16(11(2)3)19-17(20)12(4)13(5)18;/h7-13,16H,6,18H2,1-5H3,(H,19,20);1H. The zero-order valence-corrected chi connectivity index (χ0v) is 14.5. The molecule has 21 heavy (non-hydrogen) atoms. The van der Waals surface area contributed by atoms with Crippen LogP contribution in [0.25, 0.3) is 0 Å². The molecule has 0 spiro atoms. The van der Waals surface area contributed by atoms with E-state index in [1.807, 2.05) is 13.8 Å². The van der Waals surface area contributed by atoms with Crippen molar-refractivity contribution in [1.29, 1.82) is 0 Å². The molecule has 0 saturated heterocycles. The lowest BCUT2D eigenvalue weighted by Gasteiger charge is -2.26. The molecule has 3 nitrogen and oxygen atoms in total. The summed E-state index contributed by atoms with van der Waals surface area (Å²) in [7, 11) is 0. The second kappa shape index (κ2) is 9.06. The highest BCUT2D eigenvalue weighted by molar-refractivity contribution is 5.85. The maximum atomic E-state index is 12.2. The van der Waals surface area contributed by atoms with E-state index in [0.717, 1.165) is 12.0 Å². The van der Waals surface area contributed by atoms with E-state index in [1.165, 1.54) is 5.56 Å². The van der Waals surface area contributed by atoms with Crippen molar-refractivity contribution >= 4 is 18.3 Å². The van der Waals surface area contributed by atoms with Crippen molar-refractivity contribution in [2.24, 2.45) is 17.6 Å². The quantitative estimate of drug-likeness (QED) is 0.845. The molecule has 0 aliphatic rings. The van der Waals surface area contributed by atoms with Gasteiger partial charge in [-0.15, -0.1) is 12.4 Å². The maximum Gasteiger partial charge on any atom is 0.224 e. The van der Waals surface area contributed by atoms with Gasteiger partial charge in [-0.2, -0.15) is 0 Å². The summed E-state index contributed by atoms with van der Waals surface area (Å²) in [6.45, 7) is 10.1. The molecule has 0 aliphatic heterocycles. The van der Waals surface area contributed by atoms with Crippen LogP contribution in [0.15, 0.2) is 24.3 Å². The predicted octanol–water partition coefficient (Wildman–Crippen LogP) is 3.47. The summed E-state index contributed by atoms with van der Waals surface area (Å²) in [4.78, 5) is 12.2. The highest BCUT2D eigenvalue weighted by Gasteiger charge is 2.23. The molecule has 0 aliphatic carbocycles. The Morgan fingerprint density at radius 2 is 1.67 bits per heavy atom. The average molecular weight is 313 g/mol. The predicted molar refractivity (Wildman–Crippen MR) is 91.6 cm³/mol. The lowest BCUT2D eigenvalue weighted by atomic mass is 9.93. The van der Waals surface area contributed by atoms with E-state index in [1.54, 1.807) is 0 Å². The number of benzene rings is 1. The molecule has 120 valence electrons. The minimum atomic E-state index is -0.175. The van der Waals surface area contributed by atoms with Gasteiger partial charge in [0.15, 0.2) is 0 Å². The summed E-state index contributed by atoms with van der Waals surface area (Å²) in [5.74, 6) is 0.191. The van der Waals surface area contributed by atoms with Crippen molar-refractivity contribution in [2.45, 2.75) is 53.1 Å². The molecule has 0 aromatic heterocycles. The van der Waals surface area contributed by atoms with Crippen LogP contribution in [0.5, 0.6) is 0 Å². The van der Waals surface area contributed by atoms with E-state index in [2.05, 4.69) is 50.4 Å². The largest absolute Gasteiger partial charge is 0.349 e. The Kier molecular flexibility index (Phi) is 8.60. The number of amides is 1. The molecule has 0 heterocycles. The third-order valence-corrected chi connectivity index (χ3v) is 3.91. The third kappa shape index (κ3) is 5.68. The number of nitrogens with two attached hydrogens (primary N) is 1. The Labute approximate surface area is 135 Å². The first-order valence-corrected chi connectivity index (χ1v) is 7.51. The molecule has 0 saturated carbocycles. The number of carbonyl (C=O) groups is 1. The molecule has 0 radical (unpaired) electrons. The summed E-state index contributed by atoms with van der Waals surface area (Å²) in [5.41, 5.74) is 8.27. The monoisotopic (exact) mass is 312 g/mol. The number of carbonyl (C=O) groups excluding carboxylic acids is 1. The normalized spacial score (nSPS) is 15.0. The number of nitrogens with one attached hydrogen (secondary N) is 1. The van der Waals surface area contributed by atoms with E-state index < -0.39 is 0 Å². The van der Waals surface area contributed by atoms with Gasteiger partial charge in [0.2, 0.25) is 5.91 Å². The van der Waals surface area contributed by atoms with Gasteiger partial charge in [0.1, 0.15) is 0 Å². The van der Waals surface area contributed by atoms with Gasteiger partial charge in [0, 0.05) is 12.0 Å². The topological polar surface area (TPSA) is 55.1 Å². The van der Waals surface area contributed by atoms with Crippen molar-refractivity contribution in [2.75, 3.05) is 0 Å². The highest BCUT2D eigenvalue weighted by atomic mass is 35.5. The molecule has 0 fully saturated rings. The lowest BCUT2D eigenvalue weighted by Crippen LogP contribution is -2.41. The van der Waals surface area contributed by atoms with E-state index in [9.17, 15) is 4.79 Å². The minimum absolute atomic E-state index is 0. The second-order valence-corrected chi connectivity index (χ2v) is 5.97. The number of hydrogen-bond acceptors (Lipinski definition) is 2. The smallest absolute Gasteiger partial charge is 0.224 e. The fourth-order valence-electron chi connectivity index (χ4n) is 2.12. The van der Waals surface area contributed by atoms with Crippen LogP contribution in [-0.4, -0.2) is 11.9 Å². The Morgan fingerprint density at radius 3 is 2.05 bits per heavy atom. The van der Waals surface area contributed by atoms with Crippen LogP contribution in [0.1, 0.15) is 51.8 Å². The summed E-state index contributed by atoms with van der Waals surface area (Å²) in [5, 5.41) is 3.13. The fourth-order valence-corrected chi connectivity index (χ4v) is 2.12. The van der Waals surface area contributed by atoms with Crippen LogP contribution >= 0.6 is 12.4 Å². The van der Waals surface area contributed by atoms with Gasteiger partial charge in [-0.1, -0.05) is 52.0 Å². The number of rotatable bonds is 6. The van der Waals surface area contributed by atoms with E-state index in [0.29, 0.717) is 5.92 Å². The van der Waals surface area contributed by atoms with Gasteiger partial charge < -0.3 is 11.1 Å². The van der Waals surface area contributed by atoms with Gasteiger partial charge in [0.25, 0.3) is 0 Å². The van der Waals surface area contributed by atoms with Crippen LogP contribution < -0.4 is 11.1 Å². The van der Waals surface area contributed by atoms with Crippen molar-refractivity contribution in [3.05, 3.63) is 35.4 Å². The molecule has 4 heteroatoms. The van der Waals surface area contributed by atoms with E-state index in [4.69, 9.17) is 5.73 Å². The van der Waals surface area contributed by atoms with Gasteiger partial charge in [0.05, 0.1) is 6.04 Å². The summed E-state index contributed by atoms with van der Waals surface area (Å²) in [6, 6.07) is 8.39. The fraction of sp³-hybridized carbons (Fsp3) is 0.588. The van der Waals surface area contributed by atoms with Crippen molar-refractivity contribution in [3.63, 3.8) is 0 Å². The molecule has 1 amide bonds. The first kappa shape index (κ1) is 19.9. The zero-order valence-electron chi connectivity index (χ0n) is 13.7. The Bertz CT molecular complexity index is 429. The van der Waals surface area contributed by atoms with Crippen molar-refractivity contribution < 1.29 is 4.79 Å². The molecule has 3 N–H and O–H groups in total. The number of halogens is 1. The Balaban J connectivity index is 0.00000400. The zero-order chi connectivity index (χ0) is 15.3. The van der Waals surface area contributed by atoms with Gasteiger partial charge >= 0.3 is 0 Å². The Morgan fingerprint density at radius 1 is 1.14 bits per heavy atom. The summed E-state index contributed by atoms with van der Waals surface area (Å²) in [6.07, 6.45) is 1.03. The van der Waals surface area contributed by atoms with Gasteiger partial charge in [-0.05, 0) is 30.4 Å². The lowest BCUT2D eigenvalue weighted by molar-refractivity contribution is -0.126. The Hall–Kier alpha value is -1.06. The number of hydrogen-bond donors (Lipinski definition) is 2. The SMILES string of the molecule is CCc1ccc(C(NC(=O)C(C)C(C)N)C(C)C)cc1.Cl. The summed E-state index contributed by atoms with van der Waals surface area (Å²) >= 11 is 0. The molecule has 1 rings (SSSR count). The molecule has 1 aromatic rings. The molecule has 1 aromatic carbocycles. The van der Waals surface area contributed by atoms with Crippen molar-refractivity contribution in [3.8, 4) is 0 Å². The van der Waals surface area contributed by atoms with Gasteiger partial charge in [-0.3, -0.25) is 4.79 Å². The summed E-state index contributed by atoms with van der Waals surface area (Å²) < 4.78 is 0. The molecule has 3 atom stereocenters. The highest BCUT2D eigenvalue weighted by Crippen LogP contribution is 2.23. The second-order valence-electron chi connectivity index (χ2n) is 5.97. The van der Waals surface area contributed by atoms with Crippen molar-refractivity contribution in [1.82, 2.24) is 5.32 Å². The molecule has 3 unspecified atom stereocenters. The third-order valence-electron chi connectivity index (χ3n) is 3.91. The first-order chi connectivity index (χ1) is 9.36. The van der Waals surface area contributed by atoms with Crippen LogP contribution in [0, 0.1) is 11.8 Å². The van der Waals surface area contributed by atoms with Crippen LogP contribution in [0.3, 0.4) is 0 Å². The molecular formula is C17H29ClN2O. The van der Waals surface area contributed by atoms with E-state index >= 15 is 0 Å². The maximum absolute atomic E-state index is 12.2.